The Morgan fingerprint density at radius 3 is 2.54 bits per heavy atom. The van der Waals surface area contributed by atoms with E-state index in [1.54, 1.807) is 30.3 Å². The smallest absolute Gasteiger partial charge is 0.410 e. The summed E-state index contributed by atoms with van der Waals surface area (Å²) in [6.07, 6.45) is 4.93. The van der Waals surface area contributed by atoms with Gasteiger partial charge in [-0.15, -0.1) is 0 Å². The van der Waals surface area contributed by atoms with Gasteiger partial charge in [0.15, 0.2) is 0 Å². The van der Waals surface area contributed by atoms with Crippen LogP contribution in [0.15, 0.2) is 42.5 Å². The van der Waals surface area contributed by atoms with Gasteiger partial charge in [0.1, 0.15) is 11.6 Å². The molecule has 144 valence electrons. The fourth-order valence-corrected chi connectivity index (χ4v) is 4.56. The van der Waals surface area contributed by atoms with Crippen LogP contribution < -0.4 is 15.0 Å². The summed E-state index contributed by atoms with van der Waals surface area (Å²) in [5.74, 6) is -0.0853. The molecule has 3 aliphatic rings. The molecule has 0 saturated heterocycles. The van der Waals surface area contributed by atoms with Gasteiger partial charge in [-0.25, -0.2) is 9.18 Å². The van der Waals surface area contributed by atoms with Crippen molar-refractivity contribution in [1.82, 2.24) is 0 Å². The van der Waals surface area contributed by atoms with Gasteiger partial charge in [0, 0.05) is 12.1 Å². The van der Waals surface area contributed by atoms with E-state index in [1.165, 1.54) is 6.07 Å². The summed E-state index contributed by atoms with van der Waals surface area (Å²) in [5, 5.41) is 2.49. The molecule has 0 bridgehead atoms. The van der Waals surface area contributed by atoms with Crippen LogP contribution in [0.4, 0.5) is 20.6 Å². The fraction of sp³-hybridized carbons (Fsp3) is 0.364. The highest BCUT2D eigenvalue weighted by atomic mass is 19.1. The van der Waals surface area contributed by atoms with E-state index >= 15 is 0 Å². The number of nitrogens with zero attached hydrogens (tertiary/aromatic N) is 1. The molecule has 5 nitrogen and oxygen atoms in total. The highest BCUT2D eigenvalue weighted by Gasteiger charge is 2.60. The van der Waals surface area contributed by atoms with Gasteiger partial charge in [0.25, 0.3) is 0 Å². The zero-order valence-corrected chi connectivity index (χ0v) is 15.4. The molecule has 5 rings (SSSR count). The number of ether oxygens (including phenoxy) is 1. The third kappa shape index (κ3) is 2.66. The molecule has 1 spiro atoms. The monoisotopic (exact) mass is 380 g/mol. The van der Waals surface area contributed by atoms with Crippen LogP contribution in [-0.4, -0.2) is 18.0 Å². The molecular weight excluding hydrogens is 359 g/mol. The van der Waals surface area contributed by atoms with Crippen LogP contribution in [-0.2, 0) is 10.2 Å². The Hall–Kier alpha value is -2.89. The highest BCUT2D eigenvalue weighted by Crippen LogP contribution is 2.59. The lowest BCUT2D eigenvalue weighted by Crippen LogP contribution is -2.39. The summed E-state index contributed by atoms with van der Waals surface area (Å²) in [5.41, 5.74) is 1.03. The quantitative estimate of drug-likeness (QED) is 0.835. The minimum atomic E-state index is -0.758. The maximum absolute atomic E-state index is 14.8. The maximum Gasteiger partial charge on any atom is 0.417 e. The number of carbonyl (C=O) groups excluding carboxylic acids is 2. The van der Waals surface area contributed by atoms with E-state index in [-0.39, 0.29) is 17.6 Å². The molecule has 2 saturated carbocycles. The van der Waals surface area contributed by atoms with Crippen molar-refractivity contribution in [2.75, 3.05) is 10.2 Å². The topological polar surface area (TPSA) is 58.6 Å². The molecule has 2 aromatic carbocycles. The van der Waals surface area contributed by atoms with Crippen LogP contribution in [0.3, 0.4) is 0 Å². The molecule has 2 aromatic rings. The Bertz CT molecular complexity index is 950. The van der Waals surface area contributed by atoms with Crippen LogP contribution in [0.25, 0.3) is 0 Å². The number of fused-ring (bicyclic) bond motifs is 2. The number of para-hydroxylation sites is 1. The Kier molecular flexibility index (Phi) is 3.89. The molecule has 0 radical (unpaired) electrons. The second-order valence-corrected chi connectivity index (χ2v) is 7.87. The first-order valence-electron chi connectivity index (χ1n) is 9.80. The van der Waals surface area contributed by atoms with Crippen molar-refractivity contribution in [3.8, 4) is 5.75 Å². The predicted octanol–water partition coefficient (Wildman–Crippen LogP) is 4.76. The Balaban J connectivity index is 1.44. The van der Waals surface area contributed by atoms with Crippen LogP contribution in [0, 0.1) is 5.82 Å². The van der Waals surface area contributed by atoms with Gasteiger partial charge in [-0.2, -0.15) is 0 Å². The Labute approximate surface area is 162 Å². The van der Waals surface area contributed by atoms with Crippen molar-refractivity contribution in [3.05, 3.63) is 53.8 Å². The van der Waals surface area contributed by atoms with Crippen LogP contribution >= 0.6 is 0 Å². The van der Waals surface area contributed by atoms with Crippen molar-refractivity contribution in [2.45, 2.75) is 50.0 Å². The summed E-state index contributed by atoms with van der Waals surface area (Å²) in [4.78, 5) is 27.1. The normalized spacial score (nSPS) is 19.8. The molecule has 1 aliphatic heterocycles. The van der Waals surface area contributed by atoms with E-state index in [9.17, 15) is 14.0 Å². The van der Waals surface area contributed by atoms with Crippen LogP contribution in [0.2, 0.25) is 0 Å². The van der Waals surface area contributed by atoms with Crippen molar-refractivity contribution in [1.29, 1.82) is 0 Å². The number of nitrogens with one attached hydrogen (secondary N) is 1. The van der Waals surface area contributed by atoms with Crippen LogP contribution in [0.5, 0.6) is 5.75 Å². The largest absolute Gasteiger partial charge is 0.417 e. The summed E-state index contributed by atoms with van der Waals surface area (Å²) in [6, 6.07) is 11.8. The molecule has 1 heterocycles. The molecule has 0 aromatic heterocycles. The second-order valence-electron chi connectivity index (χ2n) is 7.87. The molecule has 2 amide bonds. The van der Waals surface area contributed by atoms with Crippen LogP contribution in [0.1, 0.15) is 44.1 Å². The standard InChI is InChI=1S/C22H21FN2O3/c23-17-13-19-16(12-18(17)24-21(27)28-15-8-2-1-3-9-15)22(10-11-22)20(26)25(19)14-6-4-5-7-14/h1-3,8-9,12-14H,4-7,10-11H2,(H,24,27). The maximum atomic E-state index is 14.8. The van der Waals surface area contributed by atoms with Crippen molar-refractivity contribution in [2.24, 2.45) is 0 Å². The molecule has 2 fully saturated rings. The molecule has 1 N–H and O–H groups in total. The van der Waals surface area contributed by atoms with E-state index < -0.39 is 17.3 Å². The first kappa shape index (κ1) is 17.2. The molecule has 0 atom stereocenters. The average Bonchev–Trinajstić information content (AvgIpc) is 3.25. The lowest BCUT2D eigenvalue weighted by Gasteiger charge is -2.25. The molecular formula is C22H21FN2O3. The van der Waals surface area contributed by atoms with E-state index in [0.29, 0.717) is 11.4 Å². The first-order chi connectivity index (χ1) is 13.6. The van der Waals surface area contributed by atoms with Crippen molar-refractivity contribution in [3.63, 3.8) is 0 Å². The van der Waals surface area contributed by atoms with E-state index in [4.69, 9.17) is 4.74 Å². The summed E-state index contributed by atoms with van der Waals surface area (Å²) >= 11 is 0. The zero-order chi connectivity index (χ0) is 19.3. The highest BCUT2D eigenvalue weighted by molar-refractivity contribution is 6.11. The van der Waals surface area contributed by atoms with Gasteiger partial charge in [-0.1, -0.05) is 31.0 Å². The lowest BCUT2D eigenvalue weighted by molar-refractivity contribution is -0.120. The SMILES string of the molecule is O=C(Nc1cc2c(cc1F)N(C1CCCC1)C(=O)C21CC1)Oc1ccccc1. The number of hydrogen-bond donors (Lipinski definition) is 1. The minimum Gasteiger partial charge on any atom is -0.410 e. The van der Waals surface area contributed by atoms with Crippen molar-refractivity contribution < 1.29 is 18.7 Å². The zero-order valence-electron chi connectivity index (χ0n) is 15.4. The second kappa shape index (κ2) is 6.33. The number of amides is 2. The van der Waals surface area contributed by atoms with E-state index in [0.717, 1.165) is 44.1 Å². The van der Waals surface area contributed by atoms with E-state index in [1.807, 2.05) is 11.0 Å². The number of anilines is 2. The van der Waals surface area contributed by atoms with Gasteiger partial charge < -0.3 is 9.64 Å². The minimum absolute atomic E-state index is 0.0482. The third-order valence-electron chi connectivity index (χ3n) is 6.12. The summed E-state index contributed by atoms with van der Waals surface area (Å²) in [7, 11) is 0. The molecule has 28 heavy (non-hydrogen) atoms. The number of halogens is 1. The lowest BCUT2D eigenvalue weighted by atomic mass is 9.97. The number of rotatable bonds is 3. The summed E-state index contributed by atoms with van der Waals surface area (Å²) < 4.78 is 20.0. The number of benzene rings is 2. The van der Waals surface area contributed by atoms with Gasteiger partial charge in [0.05, 0.1) is 16.8 Å². The Morgan fingerprint density at radius 2 is 1.86 bits per heavy atom. The number of hydrogen-bond acceptors (Lipinski definition) is 3. The predicted molar refractivity (Wildman–Crippen MR) is 103 cm³/mol. The molecule has 0 unspecified atom stereocenters. The third-order valence-corrected chi connectivity index (χ3v) is 6.12. The Morgan fingerprint density at radius 1 is 1.14 bits per heavy atom. The fourth-order valence-electron chi connectivity index (χ4n) is 4.56. The first-order valence-corrected chi connectivity index (χ1v) is 9.80. The van der Waals surface area contributed by atoms with Gasteiger partial charge >= 0.3 is 6.09 Å². The van der Waals surface area contributed by atoms with Gasteiger partial charge in [-0.3, -0.25) is 10.1 Å². The average molecular weight is 380 g/mol. The molecule has 6 heteroatoms. The molecule has 2 aliphatic carbocycles. The van der Waals surface area contributed by atoms with E-state index in [2.05, 4.69) is 5.32 Å². The summed E-state index contributed by atoms with van der Waals surface area (Å²) in [6.45, 7) is 0. The number of carbonyl (C=O) groups is 2. The van der Waals surface area contributed by atoms with Crippen molar-refractivity contribution >= 4 is 23.4 Å². The van der Waals surface area contributed by atoms with Gasteiger partial charge in [-0.05, 0) is 49.4 Å². The van der Waals surface area contributed by atoms with Gasteiger partial charge in [0.2, 0.25) is 5.91 Å².